The van der Waals surface area contributed by atoms with Crippen LogP contribution >= 0.6 is 0 Å². The van der Waals surface area contributed by atoms with Crippen LogP contribution in [0.4, 0.5) is 5.69 Å². The van der Waals surface area contributed by atoms with Gasteiger partial charge in [0.05, 0.1) is 16.8 Å². The first-order chi connectivity index (χ1) is 7.36. The second-order valence-electron chi connectivity index (χ2n) is 3.21. The maximum absolute atomic E-state index is 8.97. The number of nitrogens with zero attached hydrogens (tertiary/aromatic N) is 2. The maximum Gasteiger partial charge on any atom is 0.103 e. The standard InChI is InChI=1S/C12H11N3/c1-2-14-12-9(7-13)8-15-11-6-4-3-5-10(11)12/h3-6,8H,2H2,1H3,(H,14,15). The molecule has 2 aromatic rings. The predicted molar refractivity (Wildman–Crippen MR) is 60.6 cm³/mol. The summed E-state index contributed by atoms with van der Waals surface area (Å²) >= 11 is 0. The van der Waals surface area contributed by atoms with Crippen LogP contribution in [0.2, 0.25) is 0 Å². The smallest absolute Gasteiger partial charge is 0.103 e. The average molecular weight is 197 g/mol. The van der Waals surface area contributed by atoms with E-state index in [1.54, 1.807) is 6.20 Å². The number of benzene rings is 1. The molecule has 0 fully saturated rings. The van der Waals surface area contributed by atoms with Crippen LogP contribution in [0.25, 0.3) is 10.9 Å². The molecule has 0 saturated heterocycles. The Morgan fingerprint density at radius 2 is 2.20 bits per heavy atom. The van der Waals surface area contributed by atoms with Gasteiger partial charge in [0.2, 0.25) is 0 Å². The normalized spacial score (nSPS) is 9.87. The van der Waals surface area contributed by atoms with Gasteiger partial charge in [-0.05, 0) is 13.0 Å². The molecule has 0 atom stereocenters. The van der Waals surface area contributed by atoms with E-state index in [2.05, 4.69) is 16.4 Å². The third-order valence-electron chi connectivity index (χ3n) is 2.25. The topological polar surface area (TPSA) is 48.7 Å². The Hall–Kier alpha value is -2.08. The number of hydrogen-bond donors (Lipinski definition) is 1. The summed E-state index contributed by atoms with van der Waals surface area (Å²) in [5.41, 5.74) is 2.38. The number of pyridine rings is 1. The van der Waals surface area contributed by atoms with Gasteiger partial charge in [-0.1, -0.05) is 18.2 Å². The summed E-state index contributed by atoms with van der Waals surface area (Å²) < 4.78 is 0. The van der Waals surface area contributed by atoms with Crippen molar-refractivity contribution in [2.75, 3.05) is 11.9 Å². The molecule has 15 heavy (non-hydrogen) atoms. The maximum atomic E-state index is 8.97. The first-order valence-corrected chi connectivity index (χ1v) is 4.88. The molecule has 0 aliphatic carbocycles. The zero-order chi connectivity index (χ0) is 10.7. The lowest BCUT2D eigenvalue weighted by atomic mass is 10.1. The molecule has 0 saturated carbocycles. The minimum atomic E-state index is 0.593. The van der Waals surface area contributed by atoms with Gasteiger partial charge >= 0.3 is 0 Å². The van der Waals surface area contributed by atoms with E-state index in [0.717, 1.165) is 23.1 Å². The summed E-state index contributed by atoms with van der Waals surface area (Å²) in [6.07, 6.45) is 1.61. The summed E-state index contributed by atoms with van der Waals surface area (Å²) in [6, 6.07) is 9.95. The van der Waals surface area contributed by atoms with Gasteiger partial charge in [0.15, 0.2) is 0 Å². The van der Waals surface area contributed by atoms with Crippen LogP contribution in [-0.2, 0) is 0 Å². The van der Waals surface area contributed by atoms with Gasteiger partial charge in [-0.3, -0.25) is 4.98 Å². The Balaban J connectivity index is 2.74. The van der Waals surface area contributed by atoms with Crippen LogP contribution in [0.1, 0.15) is 12.5 Å². The van der Waals surface area contributed by atoms with Gasteiger partial charge in [-0.2, -0.15) is 5.26 Å². The van der Waals surface area contributed by atoms with Crippen molar-refractivity contribution in [3.05, 3.63) is 36.0 Å². The largest absolute Gasteiger partial charge is 0.384 e. The number of aromatic nitrogens is 1. The van der Waals surface area contributed by atoms with Crippen molar-refractivity contribution in [1.29, 1.82) is 5.26 Å². The van der Waals surface area contributed by atoms with Crippen LogP contribution in [0.5, 0.6) is 0 Å². The van der Waals surface area contributed by atoms with E-state index < -0.39 is 0 Å². The highest BCUT2D eigenvalue weighted by atomic mass is 14.9. The molecular formula is C12H11N3. The molecule has 2 rings (SSSR count). The molecule has 1 aromatic heterocycles. The Bertz CT molecular complexity index is 526. The number of fused-ring (bicyclic) bond motifs is 1. The lowest BCUT2D eigenvalue weighted by Crippen LogP contribution is -2.00. The van der Waals surface area contributed by atoms with Crippen molar-refractivity contribution in [2.45, 2.75) is 6.92 Å². The Kier molecular flexibility index (Phi) is 2.51. The van der Waals surface area contributed by atoms with Crippen LogP contribution < -0.4 is 5.32 Å². The molecule has 0 radical (unpaired) electrons. The molecular weight excluding hydrogens is 186 g/mol. The third kappa shape index (κ3) is 1.62. The molecule has 3 heteroatoms. The number of hydrogen-bond acceptors (Lipinski definition) is 3. The molecule has 1 aromatic carbocycles. The second-order valence-corrected chi connectivity index (χ2v) is 3.21. The van der Waals surface area contributed by atoms with E-state index >= 15 is 0 Å². The molecule has 0 aliphatic rings. The molecule has 3 nitrogen and oxygen atoms in total. The molecule has 0 unspecified atom stereocenters. The molecule has 0 spiro atoms. The van der Waals surface area contributed by atoms with Gasteiger partial charge in [0.1, 0.15) is 6.07 Å². The molecule has 0 aliphatic heterocycles. The first-order valence-electron chi connectivity index (χ1n) is 4.88. The van der Waals surface area contributed by atoms with E-state index in [4.69, 9.17) is 5.26 Å². The number of nitriles is 1. The van der Waals surface area contributed by atoms with Gasteiger partial charge in [0.25, 0.3) is 0 Å². The number of nitrogens with one attached hydrogen (secondary N) is 1. The van der Waals surface area contributed by atoms with Gasteiger partial charge in [0, 0.05) is 18.1 Å². The average Bonchev–Trinajstić information content (AvgIpc) is 2.30. The highest BCUT2D eigenvalue weighted by Gasteiger charge is 2.06. The molecule has 1 heterocycles. The fourth-order valence-electron chi connectivity index (χ4n) is 1.59. The van der Waals surface area contributed by atoms with Gasteiger partial charge in [-0.15, -0.1) is 0 Å². The fraction of sp³-hybridized carbons (Fsp3) is 0.167. The third-order valence-corrected chi connectivity index (χ3v) is 2.25. The summed E-state index contributed by atoms with van der Waals surface area (Å²) in [4.78, 5) is 4.23. The van der Waals surface area contributed by atoms with Crippen LogP contribution in [0, 0.1) is 11.3 Å². The Morgan fingerprint density at radius 1 is 1.40 bits per heavy atom. The second kappa shape index (κ2) is 3.97. The van der Waals surface area contributed by atoms with Crippen molar-refractivity contribution >= 4 is 16.6 Å². The number of anilines is 1. The highest BCUT2D eigenvalue weighted by molar-refractivity contribution is 5.93. The van der Waals surface area contributed by atoms with Crippen molar-refractivity contribution in [3.8, 4) is 6.07 Å². The quantitative estimate of drug-likeness (QED) is 0.804. The monoisotopic (exact) mass is 197 g/mol. The summed E-state index contributed by atoms with van der Waals surface area (Å²) in [5.74, 6) is 0. The van der Waals surface area contributed by atoms with Crippen molar-refractivity contribution in [1.82, 2.24) is 4.98 Å². The first kappa shape index (κ1) is 9.47. The molecule has 1 N–H and O–H groups in total. The van der Waals surface area contributed by atoms with E-state index in [1.807, 2.05) is 31.2 Å². The van der Waals surface area contributed by atoms with Crippen LogP contribution in [0.15, 0.2) is 30.5 Å². The number of para-hydroxylation sites is 1. The molecule has 0 amide bonds. The lowest BCUT2D eigenvalue weighted by Gasteiger charge is -2.08. The van der Waals surface area contributed by atoms with Crippen LogP contribution in [0.3, 0.4) is 0 Å². The number of rotatable bonds is 2. The van der Waals surface area contributed by atoms with Crippen LogP contribution in [-0.4, -0.2) is 11.5 Å². The highest BCUT2D eigenvalue weighted by Crippen LogP contribution is 2.24. The van der Waals surface area contributed by atoms with Gasteiger partial charge < -0.3 is 5.32 Å². The van der Waals surface area contributed by atoms with E-state index in [0.29, 0.717) is 5.56 Å². The minimum absolute atomic E-state index is 0.593. The molecule has 0 bridgehead atoms. The Morgan fingerprint density at radius 3 is 2.93 bits per heavy atom. The minimum Gasteiger partial charge on any atom is -0.384 e. The van der Waals surface area contributed by atoms with Crippen molar-refractivity contribution < 1.29 is 0 Å². The van der Waals surface area contributed by atoms with E-state index in [-0.39, 0.29) is 0 Å². The zero-order valence-electron chi connectivity index (χ0n) is 8.49. The summed E-state index contributed by atoms with van der Waals surface area (Å²) in [5, 5.41) is 13.2. The lowest BCUT2D eigenvalue weighted by molar-refractivity contribution is 1.21. The molecule has 74 valence electrons. The Labute approximate surface area is 88.4 Å². The summed E-state index contributed by atoms with van der Waals surface area (Å²) in [7, 11) is 0. The predicted octanol–water partition coefficient (Wildman–Crippen LogP) is 2.54. The van der Waals surface area contributed by atoms with Crippen molar-refractivity contribution in [2.24, 2.45) is 0 Å². The SMILES string of the molecule is CCNc1c(C#N)cnc2ccccc12. The van der Waals surface area contributed by atoms with E-state index in [1.165, 1.54) is 0 Å². The van der Waals surface area contributed by atoms with E-state index in [9.17, 15) is 0 Å². The fourth-order valence-corrected chi connectivity index (χ4v) is 1.59. The van der Waals surface area contributed by atoms with Gasteiger partial charge in [-0.25, -0.2) is 0 Å². The van der Waals surface area contributed by atoms with Crippen molar-refractivity contribution in [3.63, 3.8) is 0 Å². The zero-order valence-corrected chi connectivity index (χ0v) is 8.49. The summed E-state index contributed by atoms with van der Waals surface area (Å²) in [6.45, 7) is 2.80.